The molecule has 4 rings (SSSR count). The fourth-order valence-corrected chi connectivity index (χ4v) is 5.33. The number of anilines is 1. The highest BCUT2D eigenvalue weighted by molar-refractivity contribution is 6.00. The lowest BCUT2D eigenvalue weighted by atomic mass is 9.87. The predicted molar refractivity (Wildman–Crippen MR) is 135 cm³/mol. The van der Waals surface area contributed by atoms with Gasteiger partial charge in [-0.25, -0.2) is 0 Å². The number of Topliss-reactive ketones (excluding diaryl/α,β-unsaturated/α-hetero) is 1. The molecule has 0 unspecified atom stereocenters. The van der Waals surface area contributed by atoms with E-state index in [0.717, 1.165) is 69.5 Å². The van der Waals surface area contributed by atoms with Crippen LogP contribution in [-0.4, -0.2) is 42.8 Å². The van der Waals surface area contributed by atoms with Crippen LogP contribution >= 0.6 is 0 Å². The van der Waals surface area contributed by atoms with Crippen molar-refractivity contribution in [1.29, 1.82) is 5.26 Å². The second kappa shape index (κ2) is 10.9. The van der Waals surface area contributed by atoms with Gasteiger partial charge in [-0.3, -0.25) is 9.59 Å². The number of aryl methyl sites for hydroxylation is 1. The monoisotopic (exact) mass is 457 g/mol. The number of likely N-dealkylation sites (tertiary alicyclic amines) is 1. The van der Waals surface area contributed by atoms with Crippen LogP contribution in [0.3, 0.4) is 0 Å². The number of rotatable bonds is 5. The van der Waals surface area contributed by atoms with Gasteiger partial charge in [0.15, 0.2) is 5.78 Å². The number of hydrogen-bond donors (Lipinski definition) is 0. The third-order valence-electron chi connectivity index (χ3n) is 7.46. The number of ketones is 1. The first-order valence-corrected chi connectivity index (χ1v) is 12.6. The second-order valence-corrected chi connectivity index (χ2v) is 9.88. The van der Waals surface area contributed by atoms with Gasteiger partial charge in [0.05, 0.1) is 17.2 Å². The first kappa shape index (κ1) is 24.0. The summed E-state index contributed by atoms with van der Waals surface area (Å²) >= 11 is 0. The summed E-state index contributed by atoms with van der Waals surface area (Å²) < 4.78 is 0. The molecule has 0 aliphatic carbocycles. The summed E-state index contributed by atoms with van der Waals surface area (Å²) in [5, 5.41) is 9.44. The van der Waals surface area contributed by atoms with Gasteiger partial charge in [-0.1, -0.05) is 25.0 Å². The zero-order valence-electron chi connectivity index (χ0n) is 20.5. The second-order valence-electron chi connectivity index (χ2n) is 9.88. The highest BCUT2D eigenvalue weighted by atomic mass is 16.2. The summed E-state index contributed by atoms with van der Waals surface area (Å²) in [6.07, 6.45) is 7.68. The molecule has 178 valence electrons. The van der Waals surface area contributed by atoms with Crippen molar-refractivity contribution in [1.82, 2.24) is 4.90 Å². The first-order valence-electron chi connectivity index (χ1n) is 12.6. The molecular formula is C29H35N3O2. The van der Waals surface area contributed by atoms with E-state index < -0.39 is 0 Å². The molecule has 2 heterocycles. The number of nitrogens with zero attached hydrogens (tertiary/aromatic N) is 3. The van der Waals surface area contributed by atoms with Crippen LogP contribution in [0.2, 0.25) is 0 Å². The smallest absolute Gasteiger partial charge is 0.256 e. The maximum atomic E-state index is 13.6. The van der Waals surface area contributed by atoms with E-state index in [1.807, 2.05) is 29.2 Å². The summed E-state index contributed by atoms with van der Waals surface area (Å²) in [5.74, 6) is 0.680. The van der Waals surface area contributed by atoms with Crippen molar-refractivity contribution in [2.24, 2.45) is 5.92 Å². The van der Waals surface area contributed by atoms with Crippen molar-refractivity contribution >= 4 is 17.4 Å². The van der Waals surface area contributed by atoms with E-state index >= 15 is 0 Å². The summed E-state index contributed by atoms with van der Waals surface area (Å²) in [6, 6.07) is 13.8. The van der Waals surface area contributed by atoms with Gasteiger partial charge < -0.3 is 9.80 Å². The van der Waals surface area contributed by atoms with Crippen LogP contribution < -0.4 is 4.90 Å². The van der Waals surface area contributed by atoms with Crippen LogP contribution in [-0.2, 0) is 6.42 Å². The quantitative estimate of drug-likeness (QED) is 0.553. The Balaban J connectivity index is 1.44. The average molecular weight is 458 g/mol. The zero-order chi connectivity index (χ0) is 24.1. The predicted octanol–water partition coefficient (Wildman–Crippen LogP) is 5.54. The van der Waals surface area contributed by atoms with Crippen LogP contribution in [0.15, 0.2) is 36.4 Å². The maximum Gasteiger partial charge on any atom is 0.256 e. The SMILES string of the molecule is CC(=O)c1ccc(CC2CCN(C(=O)c3cc(C#N)ccc3N3CCCCCC3)CC2)c(C)c1. The Morgan fingerprint density at radius 3 is 2.29 bits per heavy atom. The summed E-state index contributed by atoms with van der Waals surface area (Å²) in [7, 11) is 0. The molecule has 0 atom stereocenters. The van der Waals surface area contributed by atoms with Gasteiger partial charge in [0.2, 0.25) is 0 Å². The van der Waals surface area contributed by atoms with Crippen molar-refractivity contribution in [2.45, 2.75) is 58.8 Å². The van der Waals surface area contributed by atoms with E-state index in [4.69, 9.17) is 0 Å². The molecule has 2 aliphatic rings. The van der Waals surface area contributed by atoms with Gasteiger partial charge in [0, 0.05) is 37.4 Å². The van der Waals surface area contributed by atoms with Crippen molar-refractivity contribution in [2.75, 3.05) is 31.1 Å². The van der Waals surface area contributed by atoms with Crippen LogP contribution in [0.25, 0.3) is 0 Å². The van der Waals surface area contributed by atoms with Crippen molar-refractivity contribution in [3.05, 3.63) is 64.2 Å². The number of piperidine rings is 1. The minimum atomic E-state index is 0.0526. The van der Waals surface area contributed by atoms with E-state index in [9.17, 15) is 14.9 Å². The Morgan fingerprint density at radius 2 is 1.68 bits per heavy atom. The molecule has 2 aromatic rings. The summed E-state index contributed by atoms with van der Waals surface area (Å²) in [6.45, 7) is 7.10. The van der Waals surface area contributed by atoms with Gasteiger partial charge >= 0.3 is 0 Å². The van der Waals surface area contributed by atoms with E-state index in [2.05, 4.69) is 24.0 Å². The van der Waals surface area contributed by atoms with Crippen molar-refractivity contribution < 1.29 is 9.59 Å². The number of amides is 1. The lowest BCUT2D eigenvalue weighted by Crippen LogP contribution is -2.40. The van der Waals surface area contributed by atoms with Crippen LogP contribution in [0.4, 0.5) is 5.69 Å². The minimum Gasteiger partial charge on any atom is -0.371 e. The number of carbonyl (C=O) groups is 2. The fraction of sp³-hybridized carbons (Fsp3) is 0.483. The zero-order valence-corrected chi connectivity index (χ0v) is 20.5. The molecule has 0 N–H and O–H groups in total. The molecule has 0 radical (unpaired) electrons. The van der Waals surface area contributed by atoms with Gasteiger partial charge in [-0.15, -0.1) is 0 Å². The normalized spacial score (nSPS) is 17.2. The minimum absolute atomic E-state index is 0.0526. The third kappa shape index (κ3) is 5.50. The molecule has 2 aromatic carbocycles. The van der Waals surface area contributed by atoms with Gasteiger partial charge in [0.25, 0.3) is 5.91 Å². The summed E-state index contributed by atoms with van der Waals surface area (Å²) in [4.78, 5) is 29.5. The van der Waals surface area contributed by atoms with E-state index in [0.29, 0.717) is 17.0 Å². The van der Waals surface area contributed by atoms with Gasteiger partial charge in [0.1, 0.15) is 0 Å². The molecule has 2 aliphatic heterocycles. The number of carbonyl (C=O) groups excluding carboxylic acids is 2. The fourth-order valence-electron chi connectivity index (χ4n) is 5.33. The Kier molecular flexibility index (Phi) is 7.67. The molecule has 1 amide bonds. The molecule has 0 aromatic heterocycles. The lowest BCUT2D eigenvalue weighted by molar-refractivity contribution is 0.0691. The van der Waals surface area contributed by atoms with Gasteiger partial charge in [-0.2, -0.15) is 5.26 Å². The number of benzene rings is 2. The first-order chi connectivity index (χ1) is 16.5. The van der Waals surface area contributed by atoms with E-state index in [1.165, 1.54) is 24.0 Å². The largest absolute Gasteiger partial charge is 0.371 e. The lowest BCUT2D eigenvalue weighted by Gasteiger charge is -2.34. The van der Waals surface area contributed by atoms with Crippen LogP contribution in [0.5, 0.6) is 0 Å². The number of hydrogen-bond acceptors (Lipinski definition) is 4. The molecule has 0 bridgehead atoms. The Bertz CT molecular complexity index is 1090. The molecule has 0 saturated carbocycles. The molecule has 5 nitrogen and oxygen atoms in total. The average Bonchev–Trinajstić information content (AvgIpc) is 3.14. The Morgan fingerprint density at radius 1 is 0.971 bits per heavy atom. The van der Waals surface area contributed by atoms with Crippen LogP contribution in [0.1, 0.15) is 82.9 Å². The molecule has 2 fully saturated rings. The standard InChI is InChI=1S/C29H35N3O2/c1-21-17-26(22(2)33)9-8-25(21)18-23-11-15-32(16-12-23)29(34)27-19-24(20-30)7-10-28(27)31-13-5-3-4-6-14-31/h7-10,17,19,23H,3-6,11-16,18H2,1-2H3. The highest BCUT2D eigenvalue weighted by Crippen LogP contribution is 2.29. The highest BCUT2D eigenvalue weighted by Gasteiger charge is 2.27. The molecule has 5 heteroatoms. The van der Waals surface area contributed by atoms with Crippen LogP contribution in [0, 0.1) is 24.2 Å². The van der Waals surface area contributed by atoms with Gasteiger partial charge in [-0.05, 0) is 87.3 Å². The molecular weight excluding hydrogens is 422 g/mol. The molecule has 2 saturated heterocycles. The van der Waals surface area contributed by atoms with Crippen molar-refractivity contribution in [3.63, 3.8) is 0 Å². The number of nitriles is 1. The Hall–Kier alpha value is -3.13. The van der Waals surface area contributed by atoms with Crippen molar-refractivity contribution in [3.8, 4) is 6.07 Å². The topological polar surface area (TPSA) is 64.4 Å². The summed E-state index contributed by atoms with van der Waals surface area (Å²) in [5.41, 5.74) is 5.42. The molecule has 34 heavy (non-hydrogen) atoms. The third-order valence-corrected chi connectivity index (χ3v) is 7.46. The Labute approximate surface area is 203 Å². The van der Waals surface area contributed by atoms with E-state index in [-0.39, 0.29) is 11.7 Å². The van der Waals surface area contributed by atoms with E-state index in [1.54, 1.807) is 13.0 Å². The maximum absolute atomic E-state index is 13.6. The molecule has 0 spiro atoms.